The second-order valence-corrected chi connectivity index (χ2v) is 9.33. The molecule has 1 aliphatic carbocycles. The summed E-state index contributed by atoms with van der Waals surface area (Å²) in [5, 5.41) is 14.4. The SMILES string of the molecule is CCNC(=NCc1nc(-c2ccc(OC)cc2)n[nH]1)NC1CCCC(S(=O)CC)C1.I. The molecule has 0 aliphatic heterocycles. The first-order valence-electron chi connectivity index (χ1n) is 10.6. The summed E-state index contributed by atoms with van der Waals surface area (Å²) in [5.74, 6) is 3.62. The number of nitrogens with zero attached hydrogens (tertiary/aromatic N) is 3. The minimum Gasteiger partial charge on any atom is -0.497 e. The Morgan fingerprint density at radius 3 is 2.74 bits per heavy atom. The molecule has 0 bridgehead atoms. The van der Waals surface area contributed by atoms with E-state index in [1.54, 1.807) is 7.11 Å². The van der Waals surface area contributed by atoms with Gasteiger partial charge in [-0.3, -0.25) is 9.31 Å². The van der Waals surface area contributed by atoms with E-state index in [0.717, 1.165) is 55.3 Å². The number of hydrogen-bond acceptors (Lipinski definition) is 5. The van der Waals surface area contributed by atoms with Crippen LogP contribution in [0.4, 0.5) is 0 Å². The molecule has 2 aromatic rings. The van der Waals surface area contributed by atoms with Gasteiger partial charge >= 0.3 is 0 Å². The zero-order chi connectivity index (χ0) is 21.3. The van der Waals surface area contributed by atoms with Gasteiger partial charge in [0.15, 0.2) is 11.8 Å². The van der Waals surface area contributed by atoms with Crippen LogP contribution in [0, 0.1) is 0 Å². The molecule has 31 heavy (non-hydrogen) atoms. The highest BCUT2D eigenvalue weighted by molar-refractivity contribution is 14.0. The van der Waals surface area contributed by atoms with Gasteiger partial charge in [0.05, 0.1) is 7.11 Å². The average molecular weight is 561 g/mol. The van der Waals surface area contributed by atoms with E-state index in [1.807, 2.05) is 38.1 Å². The van der Waals surface area contributed by atoms with Crippen molar-refractivity contribution in [3.05, 3.63) is 30.1 Å². The van der Waals surface area contributed by atoms with Gasteiger partial charge in [0.1, 0.15) is 18.1 Å². The number of hydrogen-bond donors (Lipinski definition) is 3. The van der Waals surface area contributed by atoms with Crippen LogP contribution in [-0.2, 0) is 17.3 Å². The Bertz CT molecular complexity index is 858. The van der Waals surface area contributed by atoms with Crippen molar-refractivity contribution in [3.8, 4) is 17.1 Å². The predicted octanol–water partition coefficient (Wildman–Crippen LogP) is 3.23. The van der Waals surface area contributed by atoms with Gasteiger partial charge in [0, 0.05) is 40.0 Å². The Morgan fingerprint density at radius 2 is 2.06 bits per heavy atom. The molecule has 10 heteroatoms. The molecule has 1 aromatic carbocycles. The number of aliphatic imine (C=N–C) groups is 1. The number of H-pyrrole nitrogens is 1. The van der Waals surface area contributed by atoms with Gasteiger partial charge in [-0.25, -0.2) is 9.98 Å². The van der Waals surface area contributed by atoms with Crippen molar-refractivity contribution in [1.82, 2.24) is 25.8 Å². The van der Waals surface area contributed by atoms with Gasteiger partial charge in [-0.2, -0.15) is 5.10 Å². The number of guanidine groups is 1. The topological polar surface area (TPSA) is 104 Å². The number of halogens is 1. The number of aromatic amines is 1. The summed E-state index contributed by atoms with van der Waals surface area (Å²) in [6, 6.07) is 7.93. The molecule has 3 rings (SSSR count). The second-order valence-electron chi connectivity index (χ2n) is 7.33. The highest BCUT2D eigenvalue weighted by atomic mass is 127. The zero-order valence-electron chi connectivity index (χ0n) is 18.4. The normalized spacial score (nSPS) is 19.9. The third-order valence-corrected chi connectivity index (χ3v) is 6.98. The first-order chi connectivity index (χ1) is 14.6. The molecule has 1 saturated carbocycles. The number of methoxy groups -OCH3 is 1. The van der Waals surface area contributed by atoms with Crippen LogP contribution in [0.5, 0.6) is 5.75 Å². The van der Waals surface area contributed by atoms with Crippen LogP contribution in [0.25, 0.3) is 11.4 Å². The summed E-state index contributed by atoms with van der Waals surface area (Å²) in [7, 11) is 0.908. The smallest absolute Gasteiger partial charge is 0.191 e. The largest absolute Gasteiger partial charge is 0.497 e. The molecular weight excluding hydrogens is 527 g/mol. The average Bonchev–Trinajstić information content (AvgIpc) is 3.26. The monoisotopic (exact) mass is 560 g/mol. The highest BCUT2D eigenvalue weighted by Crippen LogP contribution is 2.23. The van der Waals surface area contributed by atoms with E-state index in [0.29, 0.717) is 24.2 Å². The predicted molar refractivity (Wildman–Crippen MR) is 136 cm³/mol. The summed E-state index contributed by atoms with van der Waals surface area (Å²) < 4.78 is 17.4. The Balaban J connectivity index is 0.00000341. The highest BCUT2D eigenvalue weighted by Gasteiger charge is 2.26. The van der Waals surface area contributed by atoms with E-state index in [2.05, 4.69) is 30.8 Å². The number of rotatable bonds is 8. The van der Waals surface area contributed by atoms with Gasteiger partial charge in [0.2, 0.25) is 0 Å². The fraction of sp³-hybridized carbons (Fsp3) is 0.571. The molecule has 172 valence electrons. The molecule has 3 unspecified atom stereocenters. The van der Waals surface area contributed by atoms with Crippen molar-refractivity contribution in [2.45, 2.75) is 57.4 Å². The molecule has 1 heterocycles. The first kappa shape index (κ1) is 25.6. The van der Waals surface area contributed by atoms with Crippen LogP contribution >= 0.6 is 24.0 Å². The van der Waals surface area contributed by atoms with Crippen molar-refractivity contribution in [2.75, 3.05) is 19.4 Å². The Hall–Kier alpha value is -1.69. The molecular formula is C21H33IN6O2S. The molecule has 0 saturated heterocycles. The minimum absolute atomic E-state index is 0. The van der Waals surface area contributed by atoms with Crippen molar-refractivity contribution in [3.63, 3.8) is 0 Å². The Labute approximate surface area is 203 Å². The fourth-order valence-corrected chi connectivity index (χ4v) is 5.00. The summed E-state index contributed by atoms with van der Waals surface area (Å²) in [4.78, 5) is 9.22. The quantitative estimate of drug-likeness (QED) is 0.260. The van der Waals surface area contributed by atoms with Crippen LogP contribution in [0.2, 0.25) is 0 Å². The summed E-state index contributed by atoms with van der Waals surface area (Å²) in [5.41, 5.74) is 0.921. The fourth-order valence-electron chi connectivity index (χ4n) is 3.65. The molecule has 1 fully saturated rings. The van der Waals surface area contributed by atoms with Crippen molar-refractivity contribution < 1.29 is 8.95 Å². The lowest BCUT2D eigenvalue weighted by Gasteiger charge is -2.30. The standard InChI is InChI=1S/C21H32N6O2S.HI/c1-4-22-21(24-16-7-6-8-18(13-16)30(28)5-2)23-14-19-25-20(27-26-19)15-9-11-17(29-3)12-10-15;/h9-12,16,18H,4-8,13-14H2,1-3H3,(H2,22,23,24)(H,25,26,27);1H. The molecule has 1 aliphatic rings. The lowest BCUT2D eigenvalue weighted by atomic mass is 9.95. The van der Waals surface area contributed by atoms with E-state index in [-0.39, 0.29) is 29.2 Å². The molecule has 1 aromatic heterocycles. The Kier molecular flexibility index (Phi) is 10.7. The maximum absolute atomic E-state index is 12.2. The van der Waals surface area contributed by atoms with E-state index in [4.69, 9.17) is 4.74 Å². The van der Waals surface area contributed by atoms with Gasteiger partial charge in [0.25, 0.3) is 0 Å². The lowest BCUT2D eigenvalue weighted by Crippen LogP contribution is -2.46. The summed E-state index contributed by atoms with van der Waals surface area (Å²) in [6.45, 7) is 5.21. The number of aromatic nitrogens is 3. The van der Waals surface area contributed by atoms with E-state index >= 15 is 0 Å². The van der Waals surface area contributed by atoms with Crippen molar-refractivity contribution >= 4 is 40.7 Å². The maximum atomic E-state index is 12.2. The number of benzene rings is 1. The van der Waals surface area contributed by atoms with Crippen LogP contribution < -0.4 is 15.4 Å². The number of ether oxygens (including phenoxy) is 1. The van der Waals surface area contributed by atoms with Gasteiger partial charge in [-0.15, -0.1) is 24.0 Å². The molecule has 0 radical (unpaired) electrons. The molecule has 3 N–H and O–H groups in total. The third kappa shape index (κ3) is 7.44. The van der Waals surface area contributed by atoms with E-state index < -0.39 is 10.8 Å². The van der Waals surface area contributed by atoms with Crippen molar-refractivity contribution in [1.29, 1.82) is 0 Å². The second kappa shape index (κ2) is 13.0. The van der Waals surface area contributed by atoms with Crippen LogP contribution in [0.3, 0.4) is 0 Å². The summed E-state index contributed by atoms with van der Waals surface area (Å²) in [6.07, 6.45) is 4.15. The van der Waals surface area contributed by atoms with E-state index in [9.17, 15) is 4.21 Å². The maximum Gasteiger partial charge on any atom is 0.191 e. The number of nitrogens with one attached hydrogen (secondary N) is 3. The molecule has 3 atom stereocenters. The zero-order valence-corrected chi connectivity index (χ0v) is 21.5. The third-order valence-electron chi connectivity index (χ3n) is 5.23. The van der Waals surface area contributed by atoms with Crippen molar-refractivity contribution in [2.24, 2.45) is 4.99 Å². The van der Waals surface area contributed by atoms with Crippen LogP contribution in [0.15, 0.2) is 29.3 Å². The molecule has 8 nitrogen and oxygen atoms in total. The molecule has 0 amide bonds. The van der Waals surface area contributed by atoms with Gasteiger partial charge in [-0.1, -0.05) is 13.3 Å². The minimum atomic E-state index is -0.735. The van der Waals surface area contributed by atoms with Crippen LogP contribution in [0.1, 0.15) is 45.4 Å². The summed E-state index contributed by atoms with van der Waals surface area (Å²) >= 11 is 0. The van der Waals surface area contributed by atoms with E-state index in [1.165, 1.54) is 0 Å². The van der Waals surface area contributed by atoms with Gasteiger partial charge in [-0.05, 0) is 50.5 Å². The first-order valence-corrected chi connectivity index (χ1v) is 12.0. The lowest BCUT2D eigenvalue weighted by molar-refractivity contribution is 0.413. The van der Waals surface area contributed by atoms with Crippen LogP contribution in [-0.4, -0.2) is 56.0 Å². The Morgan fingerprint density at radius 1 is 1.29 bits per heavy atom. The van der Waals surface area contributed by atoms with Gasteiger partial charge < -0.3 is 15.4 Å². The molecule has 0 spiro atoms.